The molecule has 0 bridgehead atoms. The van der Waals surface area contributed by atoms with Gasteiger partial charge in [-0.2, -0.15) is 0 Å². The van der Waals surface area contributed by atoms with Crippen molar-refractivity contribution in [2.75, 3.05) is 19.6 Å². The molecule has 128 valence electrons. The zero-order valence-electron chi connectivity index (χ0n) is 13.7. The van der Waals surface area contributed by atoms with Crippen LogP contribution in [0.3, 0.4) is 0 Å². The largest absolute Gasteiger partial charge is 0.364 e. The average Bonchev–Trinajstić information content (AvgIpc) is 3.04. The second-order valence-electron chi connectivity index (χ2n) is 6.63. The van der Waals surface area contributed by atoms with E-state index in [4.69, 9.17) is 10.5 Å². The molecule has 2 heterocycles. The lowest BCUT2D eigenvalue weighted by Gasteiger charge is -2.38. The number of piperidine rings is 1. The minimum Gasteiger partial charge on any atom is -0.364 e. The van der Waals surface area contributed by atoms with Crippen molar-refractivity contribution in [2.24, 2.45) is 11.7 Å². The summed E-state index contributed by atoms with van der Waals surface area (Å²) in [5.74, 6) is 1.19. The molecular formula is C18H27ClN2O2. The maximum atomic E-state index is 12.6. The maximum Gasteiger partial charge on any atom is 0.251 e. The van der Waals surface area contributed by atoms with Gasteiger partial charge in [0.1, 0.15) is 6.10 Å². The van der Waals surface area contributed by atoms with Crippen molar-refractivity contribution in [3.63, 3.8) is 0 Å². The van der Waals surface area contributed by atoms with E-state index in [1.54, 1.807) is 0 Å². The molecule has 1 aromatic rings. The van der Waals surface area contributed by atoms with Crippen molar-refractivity contribution in [1.82, 2.24) is 4.90 Å². The first kappa shape index (κ1) is 18.2. The molecule has 4 atom stereocenters. The summed E-state index contributed by atoms with van der Waals surface area (Å²) in [4.78, 5) is 14.6. The monoisotopic (exact) mass is 338 g/mol. The van der Waals surface area contributed by atoms with Gasteiger partial charge >= 0.3 is 0 Å². The molecule has 2 aliphatic rings. The third kappa shape index (κ3) is 4.06. The average molecular weight is 339 g/mol. The molecule has 4 nitrogen and oxygen atoms in total. The minimum atomic E-state index is -0.269. The molecule has 0 radical (unpaired) electrons. The van der Waals surface area contributed by atoms with E-state index in [2.05, 4.69) is 37.3 Å². The maximum absolute atomic E-state index is 12.6. The van der Waals surface area contributed by atoms with E-state index in [1.807, 2.05) is 4.90 Å². The lowest BCUT2D eigenvalue weighted by molar-refractivity contribution is -0.144. The number of hydrogen-bond donors (Lipinski definition) is 1. The minimum absolute atomic E-state index is 0. The van der Waals surface area contributed by atoms with Gasteiger partial charge in [0.2, 0.25) is 0 Å². The first-order valence-electron chi connectivity index (χ1n) is 8.38. The highest BCUT2D eigenvalue weighted by molar-refractivity contribution is 5.85. The standard InChI is InChI=1S/C18H26N2O2.ClH/c1-13-12-20(18(21)17-8-7-15(11-19)22-17)10-9-16(13)14-5-3-2-4-6-14;/h2-6,13,15-17H,7-12,19H2,1H3;1H/t13?,15-,16?,17+;/m1./s1. The van der Waals surface area contributed by atoms with E-state index >= 15 is 0 Å². The Morgan fingerprint density at radius 1 is 1.26 bits per heavy atom. The summed E-state index contributed by atoms with van der Waals surface area (Å²) in [6, 6.07) is 10.6. The van der Waals surface area contributed by atoms with Gasteiger partial charge < -0.3 is 15.4 Å². The first-order chi connectivity index (χ1) is 10.7. The number of carbonyl (C=O) groups excluding carboxylic acids is 1. The number of likely N-dealkylation sites (tertiary alicyclic amines) is 1. The van der Waals surface area contributed by atoms with Gasteiger partial charge in [-0.3, -0.25) is 4.79 Å². The summed E-state index contributed by atoms with van der Waals surface area (Å²) in [6.45, 7) is 4.41. The van der Waals surface area contributed by atoms with Gasteiger partial charge in [0.15, 0.2) is 0 Å². The van der Waals surface area contributed by atoms with Crippen LogP contribution in [0.25, 0.3) is 0 Å². The van der Waals surface area contributed by atoms with Gasteiger partial charge in [-0.15, -0.1) is 12.4 Å². The molecule has 0 aliphatic carbocycles. The summed E-state index contributed by atoms with van der Waals surface area (Å²) in [7, 11) is 0. The molecule has 0 spiro atoms. The molecule has 2 fully saturated rings. The Balaban J connectivity index is 0.00000192. The van der Waals surface area contributed by atoms with Crippen molar-refractivity contribution in [3.8, 4) is 0 Å². The smallest absolute Gasteiger partial charge is 0.251 e. The predicted molar refractivity (Wildman–Crippen MR) is 93.7 cm³/mol. The Bertz CT molecular complexity index is 511. The highest BCUT2D eigenvalue weighted by Gasteiger charge is 2.36. The SMILES string of the molecule is CC1CN(C(=O)[C@@H]2CC[C@H](CN)O2)CCC1c1ccccc1.Cl. The van der Waals surface area contributed by atoms with Crippen LogP contribution < -0.4 is 5.73 Å². The molecule has 2 saturated heterocycles. The van der Waals surface area contributed by atoms with Gasteiger partial charge in [-0.25, -0.2) is 0 Å². The third-order valence-electron chi connectivity index (χ3n) is 5.09. The van der Waals surface area contributed by atoms with Gasteiger partial charge in [-0.1, -0.05) is 37.3 Å². The molecule has 1 aromatic carbocycles. The quantitative estimate of drug-likeness (QED) is 0.921. The summed E-state index contributed by atoms with van der Waals surface area (Å²) >= 11 is 0. The van der Waals surface area contributed by atoms with E-state index in [1.165, 1.54) is 5.56 Å². The molecule has 2 N–H and O–H groups in total. The molecule has 23 heavy (non-hydrogen) atoms. The number of ether oxygens (including phenoxy) is 1. The van der Waals surface area contributed by atoms with Crippen LogP contribution in [0.2, 0.25) is 0 Å². The topological polar surface area (TPSA) is 55.6 Å². The van der Waals surface area contributed by atoms with E-state index < -0.39 is 0 Å². The van der Waals surface area contributed by atoms with Crippen molar-refractivity contribution in [2.45, 2.75) is 44.3 Å². The first-order valence-corrected chi connectivity index (χ1v) is 8.38. The Morgan fingerprint density at radius 2 is 2.00 bits per heavy atom. The zero-order chi connectivity index (χ0) is 15.5. The molecule has 2 aliphatic heterocycles. The molecule has 5 heteroatoms. The highest BCUT2D eigenvalue weighted by atomic mass is 35.5. The fourth-order valence-corrected chi connectivity index (χ4v) is 3.81. The number of carbonyl (C=O) groups is 1. The van der Waals surface area contributed by atoms with Crippen molar-refractivity contribution in [1.29, 1.82) is 0 Å². The lowest BCUT2D eigenvalue weighted by atomic mass is 9.81. The van der Waals surface area contributed by atoms with Crippen LogP contribution in [0.4, 0.5) is 0 Å². The van der Waals surface area contributed by atoms with Crippen LogP contribution >= 0.6 is 12.4 Å². The van der Waals surface area contributed by atoms with Gasteiger partial charge in [-0.05, 0) is 36.7 Å². The van der Waals surface area contributed by atoms with Crippen LogP contribution in [0.15, 0.2) is 30.3 Å². The summed E-state index contributed by atoms with van der Waals surface area (Å²) < 4.78 is 5.76. The number of amides is 1. The van der Waals surface area contributed by atoms with Gasteiger partial charge in [0.05, 0.1) is 6.10 Å². The number of nitrogens with two attached hydrogens (primary N) is 1. The Hall–Kier alpha value is -1.10. The Labute approximate surface area is 144 Å². The fraction of sp³-hybridized carbons (Fsp3) is 0.611. The van der Waals surface area contributed by atoms with Crippen LogP contribution in [-0.2, 0) is 9.53 Å². The van der Waals surface area contributed by atoms with Crippen LogP contribution in [0.5, 0.6) is 0 Å². The molecule has 1 amide bonds. The second kappa shape index (κ2) is 8.13. The normalized spacial score (nSPS) is 30.8. The lowest BCUT2D eigenvalue weighted by Crippen LogP contribution is -2.46. The number of hydrogen-bond acceptors (Lipinski definition) is 3. The van der Waals surface area contributed by atoms with E-state index in [9.17, 15) is 4.79 Å². The summed E-state index contributed by atoms with van der Waals surface area (Å²) in [5, 5.41) is 0. The third-order valence-corrected chi connectivity index (χ3v) is 5.09. The number of halogens is 1. The van der Waals surface area contributed by atoms with Gasteiger partial charge in [0.25, 0.3) is 5.91 Å². The Kier molecular flexibility index (Phi) is 6.45. The number of benzene rings is 1. The van der Waals surface area contributed by atoms with Gasteiger partial charge in [0, 0.05) is 19.6 Å². The van der Waals surface area contributed by atoms with Crippen molar-refractivity contribution < 1.29 is 9.53 Å². The molecule has 3 rings (SSSR count). The summed E-state index contributed by atoms with van der Waals surface area (Å²) in [6.07, 6.45) is 2.54. The van der Waals surface area contributed by atoms with E-state index in [-0.39, 0.29) is 30.5 Å². The molecule has 0 saturated carbocycles. The van der Waals surface area contributed by atoms with E-state index in [0.29, 0.717) is 18.4 Å². The van der Waals surface area contributed by atoms with Crippen molar-refractivity contribution >= 4 is 18.3 Å². The molecule has 0 aromatic heterocycles. The molecule has 2 unspecified atom stereocenters. The second-order valence-corrected chi connectivity index (χ2v) is 6.63. The summed E-state index contributed by atoms with van der Waals surface area (Å²) in [5.41, 5.74) is 7.02. The van der Waals surface area contributed by atoms with Crippen LogP contribution in [0, 0.1) is 5.92 Å². The van der Waals surface area contributed by atoms with Crippen molar-refractivity contribution in [3.05, 3.63) is 35.9 Å². The van der Waals surface area contributed by atoms with Crippen LogP contribution in [-0.4, -0.2) is 42.6 Å². The molecular weight excluding hydrogens is 312 g/mol. The fourth-order valence-electron chi connectivity index (χ4n) is 3.81. The predicted octanol–water partition coefficient (Wildman–Crippen LogP) is 2.57. The van der Waals surface area contributed by atoms with E-state index in [0.717, 1.165) is 32.4 Å². The number of rotatable bonds is 3. The zero-order valence-corrected chi connectivity index (χ0v) is 14.5. The highest BCUT2D eigenvalue weighted by Crippen LogP contribution is 2.33. The number of nitrogens with zero attached hydrogens (tertiary/aromatic N) is 1. The Morgan fingerprint density at radius 3 is 2.61 bits per heavy atom. The van der Waals surface area contributed by atoms with Crippen LogP contribution in [0.1, 0.15) is 37.7 Å².